The molecule has 0 unspecified atom stereocenters. The first kappa shape index (κ1) is 21.0. The fourth-order valence-electron chi connectivity index (χ4n) is 3.17. The number of halogens is 1. The summed E-state index contributed by atoms with van der Waals surface area (Å²) in [6, 6.07) is 14.4. The molecule has 2 N–H and O–H groups in total. The van der Waals surface area contributed by atoms with Gasteiger partial charge in [0.25, 0.3) is 11.8 Å². The minimum absolute atomic E-state index is 0.0711. The van der Waals surface area contributed by atoms with E-state index in [-0.39, 0.29) is 24.3 Å². The molecule has 3 amide bonds. The summed E-state index contributed by atoms with van der Waals surface area (Å²) in [5.41, 5.74) is 2.16. The lowest BCUT2D eigenvalue weighted by Crippen LogP contribution is -2.49. The number of rotatable bonds is 5. The Balaban J connectivity index is 1.35. The third kappa shape index (κ3) is 4.92. The average molecular weight is 455 g/mol. The molecule has 1 saturated heterocycles. The van der Waals surface area contributed by atoms with Gasteiger partial charge in [-0.2, -0.15) is 0 Å². The Morgan fingerprint density at radius 1 is 1.16 bits per heavy atom. The third-order valence-corrected chi connectivity index (χ3v) is 6.17. The quantitative estimate of drug-likeness (QED) is 0.620. The van der Waals surface area contributed by atoms with Crippen molar-refractivity contribution in [2.24, 2.45) is 0 Å². The fraction of sp³-hybridized carbons (Fsp3) is 0.182. The zero-order chi connectivity index (χ0) is 21.8. The molecule has 0 spiro atoms. The summed E-state index contributed by atoms with van der Waals surface area (Å²) in [5, 5.41) is 6.83. The second kappa shape index (κ2) is 9.28. The molecule has 1 aromatic heterocycles. The highest BCUT2D eigenvalue weighted by Crippen LogP contribution is 2.30. The lowest BCUT2D eigenvalue weighted by Gasteiger charge is -2.26. The Hall–Kier alpha value is -3.23. The van der Waals surface area contributed by atoms with Gasteiger partial charge in [0.1, 0.15) is 9.88 Å². The number of benzene rings is 2. The van der Waals surface area contributed by atoms with Crippen molar-refractivity contribution < 1.29 is 14.4 Å². The van der Waals surface area contributed by atoms with Crippen LogP contribution in [0.3, 0.4) is 0 Å². The van der Waals surface area contributed by atoms with Gasteiger partial charge in [-0.25, -0.2) is 4.98 Å². The third-order valence-electron chi connectivity index (χ3n) is 4.81. The van der Waals surface area contributed by atoms with E-state index >= 15 is 0 Å². The second-order valence-electron chi connectivity index (χ2n) is 6.97. The molecule has 3 aromatic rings. The number of hydrogen-bond acceptors (Lipinski definition) is 5. The van der Waals surface area contributed by atoms with Gasteiger partial charge in [0.15, 0.2) is 0 Å². The van der Waals surface area contributed by atoms with Gasteiger partial charge in [-0.15, -0.1) is 11.3 Å². The van der Waals surface area contributed by atoms with Crippen LogP contribution in [0.25, 0.3) is 10.6 Å². The minimum Gasteiger partial charge on any atom is -0.353 e. The highest BCUT2D eigenvalue weighted by atomic mass is 35.5. The Kier molecular flexibility index (Phi) is 6.29. The van der Waals surface area contributed by atoms with Crippen LogP contribution in [0.2, 0.25) is 5.02 Å². The Labute approximate surface area is 188 Å². The maximum Gasteiger partial charge on any atom is 0.263 e. The van der Waals surface area contributed by atoms with Crippen LogP contribution in [0.4, 0.5) is 0 Å². The van der Waals surface area contributed by atoms with E-state index in [0.717, 1.165) is 11.1 Å². The summed E-state index contributed by atoms with van der Waals surface area (Å²) in [6.45, 7) is 1.35. The number of piperazine rings is 1. The molecule has 0 aliphatic carbocycles. The topological polar surface area (TPSA) is 91.4 Å². The number of thiazole rings is 1. The van der Waals surface area contributed by atoms with Gasteiger partial charge in [0.05, 0.1) is 17.8 Å². The summed E-state index contributed by atoms with van der Waals surface area (Å²) in [5.74, 6) is -0.558. The largest absolute Gasteiger partial charge is 0.353 e. The van der Waals surface area contributed by atoms with Crippen molar-refractivity contribution in [2.75, 3.05) is 19.6 Å². The van der Waals surface area contributed by atoms with Gasteiger partial charge in [-0.3, -0.25) is 14.4 Å². The second-order valence-corrected chi connectivity index (χ2v) is 8.40. The first-order valence-electron chi connectivity index (χ1n) is 9.65. The maximum atomic E-state index is 12.5. The number of amides is 3. The van der Waals surface area contributed by atoms with Crippen LogP contribution in [-0.4, -0.2) is 47.2 Å². The molecule has 2 heterocycles. The fourth-order valence-corrected chi connectivity index (χ4v) is 4.32. The smallest absolute Gasteiger partial charge is 0.263 e. The number of carbonyl (C=O) groups is 3. The Morgan fingerprint density at radius 3 is 2.68 bits per heavy atom. The molecule has 0 bridgehead atoms. The number of aromatic nitrogens is 1. The summed E-state index contributed by atoms with van der Waals surface area (Å²) in [4.78, 5) is 42.8. The summed E-state index contributed by atoms with van der Waals surface area (Å²) in [7, 11) is 0. The van der Waals surface area contributed by atoms with Crippen molar-refractivity contribution in [3.05, 3.63) is 75.8 Å². The predicted octanol–water partition coefficient (Wildman–Crippen LogP) is 2.97. The molecule has 0 atom stereocenters. The van der Waals surface area contributed by atoms with E-state index in [0.29, 0.717) is 40.1 Å². The van der Waals surface area contributed by atoms with Crippen LogP contribution >= 0.6 is 22.9 Å². The number of hydrogen-bond donors (Lipinski definition) is 2. The molecule has 7 nitrogen and oxygen atoms in total. The molecule has 9 heteroatoms. The number of carbonyl (C=O) groups excluding carboxylic acids is 3. The lowest BCUT2D eigenvalue weighted by molar-refractivity contribution is -0.123. The van der Waals surface area contributed by atoms with Gasteiger partial charge in [-0.05, 0) is 23.8 Å². The SMILES string of the molecule is O=C1CN(C(=O)c2ccc(CNC(=O)c3cnc(-c4ccccc4Cl)s3)cc2)CCN1. The van der Waals surface area contributed by atoms with Crippen molar-refractivity contribution in [3.8, 4) is 10.6 Å². The van der Waals surface area contributed by atoms with E-state index in [2.05, 4.69) is 15.6 Å². The van der Waals surface area contributed by atoms with E-state index in [1.165, 1.54) is 22.4 Å². The number of nitrogens with one attached hydrogen (secondary N) is 2. The molecule has 1 aliphatic rings. The van der Waals surface area contributed by atoms with Gasteiger partial charge in [0, 0.05) is 30.8 Å². The first-order chi connectivity index (χ1) is 15.0. The standard InChI is InChI=1S/C22H19ClN4O3S/c23-17-4-2-1-3-16(17)21-26-12-18(31-21)20(29)25-11-14-5-7-15(8-6-14)22(30)27-10-9-24-19(28)13-27/h1-8,12H,9-11,13H2,(H,24,28)(H,25,29). The molecule has 4 rings (SSSR count). The predicted molar refractivity (Wildman–Crippen MR) is 119 cm³/mol. The molecular weight excluding hydrogens is 436 g/mol. The Bertz CT molecular complexity index is 1130. The van der Waals surface area contributed by atoms with Gasteiger partial charge in [-0.1, -0.05) is 41.9 Å². The van der Waals surface area contributed by atoms with Crippen molar-refractivity contribution >= 4 is 40.7 Å². The molecule has 31 heavy (non-hydrogen) atoms. The summed E-state index contributed by atoms with van der Waals surface area (Å²) in [6.07, 6.45) is 1.54. The lowest BCUT2D eigenvalue weighted by atomic mass is 10.1. The first-order valence-corrected chi connectivity index (χ1v) is 10.8. The van der Waals surface area contributed by atoms with E-state index in [1.807, 2.05) is 18.2 Å². The van der Waals surface area contributed by atoms with E-state index < -0.39 is 0 Å². The number of nitrogens with zero attached hydrogens (tertiary/aromatic N) is 2. The zero-order valence-electron chi connectivity index (χ0n) is 16.4. The van der Waals surface area contributed by atoms with Crippen LogP contribution in [0.5, 0.6) is 0 Å². The van der Waals surface area contributed by atoms with Crippen molar-refractivity contribution in [1.29, 1.82) is 0 Å². The van der Waals surface area contributed by atoms with Crippen molar-refractivity contribution in [2.45, 2.75) is 6.54 Å². The summed E-state index contributed by atoms with van der Waals surface area (Å²) < 4.78 is 0. The zero-order valence-corrected chi connectivity index (χ0v) is 18.0. The van der Waals surface area contributed by atoms with Gasteiger partial charge >= 0.3 is 0 Å². The van der Waals surface area contributed by atoms with E-state index in [9.17, 15) is 14.4 Å². The summed E-state index contributed by atoms with van der Waals surface area (Å²) >= 11 is 7.48. The van der Waals surface area contributed by atoms with Gasteiger partial charge in [0.2, 0.25) is 5.91 Å². The minimum atomic E-state index is -0.227. The maximum absolute atomic E-state index is 12.5. The Morgan fingerprint density at radius 2 is 1.94 bits per heavy atom. The van der Waals surface area contributed by atoms with Crippen LogP contribution in [0.1, 0.15) is 25.6 Å². The highest BCUT2D eigenvalue weighted by Gasteiger charge is 2.22. The van der Waals surface area contributed by atoms with E-state index in [1.54, 1.807) is 30.3 Å². The highest BCUT2D eigenvalue weighted by molar-refractivity contribution is 7.17. The van der Waals surface area contributed by atoms with Crippen LogP contribution in [0.15, 0.2) is 54.7 Å². The molecule has 2 aromatic carbocycles. The molecule has 0 saturated carbocycles. The molecular formula is C22H19ClN4O3S. The average Bonchev–Trinajstić information content (AvgIpc) is 3.28. The molecule has 158 valence electrons. The molecule has 1 fully saturated rings. The normalized spacial score (nSPS) is 13.6. The monoisotopic (exact) mass is 454 g/mol. The molecule has 0 radical (unpaired) electrons. The van der Waals surface area contributed by atoms with Gasteiger partial charge < -0.3 is 15.5 Å². The van der Waals surface area contributed by atoms with Crippen LogP contribution < -0.4 is 10.6 Å². The van der Waals surface area contributed by atoms with Crippen LogP contribution in [0, 0.1) is 0 Å². The molecule has 1 aliphatic heterocycles. The van der Waals surface area contributed by atoms with Crippen molar-refractivity contribution in [3.63, 3.8) is 0 Å². The van der Waals surface area contributed by atoms with E-state index in [4.69, 9.17) is 11.6 Å². The van der Waals surface area contributed by atoms with Crippen molar-refractivity contribution in [1.82, 2.24) is 20.5 Å². The van der Waals surface area contributed by atoms with Crippen LogP contribution in [-0.2, 0) is 11.3 Å².